The number of benzene rings is 1. The van der Waals surface area contributed by atoms with Gasteiger partial charge >= 0.3 is 0 Å². The van der Waals surface area contributed by atoms with E-state index < -0.39 is 0 Å². The van der Waals surface area contributed by atoms with Gasteiger partial charge in [0.1, 0.15) is 4.32 Å². The van der Waals surface area contributed by atoms with Gasteiger partial charge in [0.15, 0.2) is 0 Å². The number of carbonyl (C=O) groups excluding carboxylic acids is 1. The first-order chi connectivity index (χ1) is 9.20. The predicted octanol–water partition coefficient (Wildman–Crippen LogP) is 4.12. The fourth-order valence-corrected chi connectivity index (χ4v) is 4.32. The molecule has 19 heavy (non-hydrogen) atoms. The molecule has 1 aromatic heterocycles. The van der Waals surface area contributed by atoms with Crippen LogP contribution in [0.4, 0.5) is 0 Å². The molecule has 5 heteroatoms. The van der Waals surface area contributed by atoms with Crippen molar-refractivity contribution in [2.24, 2.45) is 0 Å². The lowest BCUT2D eigenvalue weighted by Crippen LogP contribution is -2.27. The molecular weight excluding hydrogens is 294 g/mol. The van der Waals surface area contributed by atoms with Crippen LogP contribution in [0.25, 0.3) is 16.2 Å². The number of likely N-dealkylation sites (N-methyl/N-ethyl adjacent to an activating group) is 1. The van der Waals surface area contributed by atoms with Gasteiger partial charge in [0.05, 0.1) is 4.91 Å². The Kier molecular flexibility index (Phi) is 3.43. The van der Waals surface area contributed by atoms with Crippen molar-refractivity contribution in [3.8, 4) is 0 Å². The lowest BCUT2D eigenvalue weighted by Gasteiger charge is -2.09. The van der Waals surface area contributed by atoms with E-state index in [0.29, 0.717) is 10.9 Å². The van der Waals surface area contributed by atoms with Crippen LogP contribution in [0.2, 0.25) is 0 Å². The highest BCUT2D eigenvalue weighted by atomic mass is 32.2. The molecule has 1 amide bonds. The zero-order valence-corrected chi connectivity index (χ0v) is 12.7. The van der Waals surface area contributed by atoms with Gasteiger partial charge in [-0.05, 0) is 35.4 Å². The lowest BCUT2D eigenvalue weighted by atomic mass is 10.1. The third-order valence-electron chi connectivity index (χ3n) is 2.99. The molecule has 1 aliphatic heterocycles. The zero-order chi connectivity index (χ0) is 13.4. The average molecular weight is 305 g/mol. The van der Waals surface area contributed by atoms with Gasteiger partial charge in [-0.3, -0.25) is 9.69 Å². The molecule has 3 rings (SSSR count). The van der Waals surface area contributed by atoms with Crippen LogP contribution in [0.5, 0.6) is 0 Å². The van der Waals surface area contributed by atoms with E-state index in [1.54, 1.807) is 16.2 Å². The van der Waals surface area contributed by atoms with Crippen molar-refractivity contribution in [1.82, 2.24) is 4.90 Å². The van der Waals surface area contributed by atoms with E-state index in [4.69, 9.17) is 12.2 Å². The first-order valence-corrected chi connectivity index (χ1v) is 8.02. The minimum absolute atomic E-state index is 0.0211. The molecule has 1 saturated heterocycles. The van der Waals surface area contributed by atoms with Crippen molar-refractivity contribution in [3.63, 3.8) is 0 Å². The topological polar surface area (TPSA) is 20.3 Å². The van der Waals surface area contributed by atoms with Crippen molar-refractivity contribution in [2.45, 2.75) is 6.92 Å². The number of thiophene rings is 1. The van der Waals surface area contributed by atoms with Gasteiger partial charge in [-0.15, -0.1) is 11.3 Å². The maximum atomic E-state index is 12.2. The molecule has 2 aromatic rings. The van der Waals surface area contributed by atoms with Gasteiger partial charge in [0.2, 0.25) is 0 Å². The predicted molar refractivity (Wildman–Crippen MR) is 87.4 cm³/mol. The number of hydrogen-bond donors (Lipinski definition) is 0. The summed E-state index contributed by atoms with van der Waals surface area (Å²) < 4.78 is 1.89. The fourth-order valence-electron chi connectivity index (χ4n) is 2.02. The van der Waals surface area contributed by atoms with E-state index in [1.165, 1.54) is 21.8 Å². The lowest BCUT2D eigenvalue weighted by molar-refractivity contribution is -0.121. The van der Waals surface area contributed by atoms with Crippen molar-refractivity contribution in [3.05, 3.63) is 40.1 Å². The Morgan fingerprint density at radius 1 is 1.37 bits per heavy atom. The van der Waals surface area contributed by atoms with Gasteiger partial charge < -0.3 is 0 Å². The monoisotopic (exact) mass is 305 g/mol. The van der Waals surface area contributed by atoms with Crippen LogP contribution in [-0.4, -0.2) is 21.7 Å². The number of nitrogens with zero attached hydrogens (tertiary/aromatic N) is 1. The summed E-state index contributed by atoms with van der Waals surface area (Å²) in [4.78, 5) is 14.5. The summed E-state index contributed by atoms with van der Waals surface area (Å²) >= 11 is 8.30. The summed E-state index contributed by atoms with van der Waals surface area (Å²) in [5, 5.41) is 3.28. The molecule has 1 aromatic carbocycles. The summed E-state index contributed by atoms with van der Waals surface area (Å²) in [6.45, 7) is 2.57. The minimum atomic E-state index is 0.0211. The van der Waals surface area contributed by atoms with E-state index in [9.17, 15) is 4.79 Å². The summed E-state index contributed by atoms with van der Waals surface area (Å²) in [6.07, 6.45) is 1.95. The van der Waals surface area contributed by atoms with Crippen LogP contribution in [0.1, 0.15) is 12.5 Å². The molecule has 96 valence electrons. The Hall–Kier alpha value is -1.17. The van der Waals surface area contributed by atoms with Crippen LogP contribution in [-0.2, 0) is 4.79 Å². The van der Waals surface area contributed by atoms with Gasteiger partial charge in [0.25, 0.3) is 5.91 Å². The quantitative estimate of drug-likeness (QED) is 0.615. The highest BCUT2D eigenvalue weighted by Gasteiger charge is 2.30. The van der Waals surface area contributed by atoms with E-state index in [0.717, 1.165) is 10.5 Å². The minimum Gasteiger partial charge on any atom is -0.293 e. The van der Waals surface area contributed by atoms with Gasteiger partial charge in [-0.25, -0.2) is 0 Å². The molecule has 0 spiro atoms. The highest BCUT2D eigenvalue weighted by molar-refractivity contribution is 8.26. The Morgan fingerprint density at radius 2 is 2.16 bits per heavy atom. The molecule has 0 N–H and O–H groups in total. The van der Waals surface area contributed by atoms with Crippen LogP contribution in [0, 0.1) is 0 Å². The van der Waals surface area contributed by atoms with Crippen molar-refractivity contribution in [1.29, 1.82) is 0 Å². The molecule has 2 nitrogen and oxygen atoms in total. The Bertz CT molecular complexity index is 702. The second kappa shape index (κ2) is 5.07. The number of thiocarbonyl (C=S) groups is 1. The van der Waals surface area contributed by atoms with E-state index in [1.807, 2.05) is 25.1 Å². The molecule has 0 saturated carbocycles. The SMILES string of the molecule is CCN1C(=O)/C(=C/c2csc3ccccc23)SC1=S. The maximum Gasteiger partial charge on any atom is 0.266 e. The second-order valence-corrected chi connectivity index (χ2v) is 6.70. The molecule has 0 atom stereocenters. The number of thioether (sulfide) groups is 1. The number of fused-ring (bicyclic) bond motifs is 1. The second-order valence-electron chi connectivity index (χ2n) is 4.11. The summed E-state index contributed by atoms with van der Waals surface area (Å²) in [7, 11) is 0. The van der Waals surface area contributed by atoms with E-state index in [-0.39, 0.29) is 5.91 Å². The summed E-state index contributed by atoms with van der Waals surface area (Å²) in [5.41, 5.74) is 1.09. The van der Waals surface area contributed by atoms with Gasteiger partial charge in [-0.1, -0.05) is 42.2 Å². The Morgan fingerprint density at radius 3 is 2.89 bits per heavy atom. The number of rotatable bonds is 2. The van der Waals surface area contributed by atoms with Crippen molar-refractivity contribution >= 4 is 61.7 Å². The first-order valence-electron chi connectivity index (χ1n) is 5.92. The van der Waals surface area contributed by atoms with Crippen LogP contribution >= 0.6 is 35.3 Å². The molecular formula is C14H11NOS3. The number of carbonyl (C=O) groups is 1. The average Bonchev–Trinajstić information content (AvgIpc) is 2.93. The van der Waals surface area contributed by atoms with Crippen LogP contribution in [0.15, 0.2) is 34.6 Å². The van der Waals surface area contributed by atoms with Crippen LogP contribution in [0.3, 0.4) is 0 Å². The molecule has 1 fully saturated rings. The summed E-state index contributed by atoms with van der Waals surface area (Å²) in [5.74, 6) is 0.0211. The smallest absolute Gasteiger partial charge is 0.266 e. The van der Waals surface area contributed by atoms with Gasteiger partial charge in [0, 0.05) is 11.2 Å². The molecule has 0 radical (unpaired) electrons. The van der Waals surface area contributed by atoms with Crippen molar-refractivity contribution < 1.29 is 4.79 Å². The third kappa shape index (κ3) is 2.22. The number of hydrogen-bond acceptors (Lipinski definition) is 4. The van der Waals surface area contributed by atoms with Crippen molar-refractivity contribution in [2.75, 3.05) is 6.54 Å². The normalized spacial score (nSPS) is 17.9. The summed E-state index contributed by atoms with van der Waals surface area (Å²) in [6, 6.07) is 8.22. The maximum absolute atomic E-state index is 12.2. The van der Waals surface area contributed by atoms with Gasteiger partial charge in [-0.2, -0.15) is 0 Å². The molecule has 1 aliphatic rings. The molecule has 0 aliphatic carbocycles. The van der Waals surface area contributed by atoms with Crippen LogP contribution < -0.4 is 0 Å². The zero-order valence-electron chi connectivity index (χ0n) is 10.3. The molecule has 0 bridgehead atoms. The highest BCUT2D eigenvalue weighted by Crippen LogP contribution is 2.35. The standard InChI is InChI=1S/C14H11NOS3/c1-2-15-13(16)12(19-14(15)17)7-9-8-18-11-6-4-3-5-10(9)11/h3-8H,2H2,1H3/b12-7-. The van der Waals surface area contributed by atoms with E-state index in [2.05, 4.69) is 17.5 Å². The third-order valence-corrected chi connectivity index (χ3v) is 5.35. The molecule has 2 heterocycles. The molecule has 0 unspecified atom stereocenters. The fraction of sp³-hybridized carbons (Fsp3) is 0.143. The Labute approximate surface area is 125 Å². The Balaban J connectivity index is 2.03. The number of amides is 1. The van der Waals surface area contributed by atoms with E-state index >= 15 is 0 Å². The first kappa shape index (κ1) is 12.8. The largest absolute Gasteiger partial charge is 0.293 e.